The van der Waals surface area contributed by atoms with E-state index in [4.69, 9.17) is 23.4 Å². The summed E-state index contributed by atoms with van der Waals surface area (Å²) < 4.78 is 26.9. The Morgan fingerprint density at radius 1 is 1.00 bits per heavy atom. The summed E-state index contributed by atoms with van der Waals surface area (Å²) in [4.78, 5) is 13.2. The van der Waals surface area contributed by atoms with Gasteiger partial charge in [-0.3, -0.25) is 4.79 Å². The summed E-state index contributed by atoms with van der Waals surface area (Å²) in [5, 5.41) is 50.2. The number of fused-ring (bicyclic) bond motifs is 1. The van der Waals surface area contributed by atoms with Crippen LogP contribution in [0.1, 0.15) is 0 Å². The van der Waals surface area contributed by atoms with Crippen LogP contribution in [-0.2, 0) is 4.74 Å². The minimum atomic E-state index is -1.69. The molecular formula is C23H24O11. The molecule has 0 bridgehead atoms. The van der Waals surface area contributed by atoms with Crippen LogP contribution >= 0.6 is 0 Å². The fourth-order valence-corrected chi connectivity index (χ4v) is 3.77. The third kappa shape index (κ3) is 4.04. The molecule has 1 aliphatic heterocycles. The van der Waals surface area contributed by atoms with Crippen LogP contribution in [0.4, 0.5) is 0 Å². The van der Waals surface area contributed by atoms with Crippen molar-refractivity contribution in [3.05, 3.63) is 46.8 Å². The molecule has 11 nitrogen and oxygen atoms in total. The summed E-state index contributed by atoms with van der Waals surface area (Å²) in [5.41, 5.74) is 0.160. The van der Waals surface area contributed by atoms with Gasteiger partial charge in [0.1, 0.15) is 47.4 Å². The highest BCUT2D eigenvalue weighted by molar-refractivity contribution is 5.91. The van der Waals surface area contributed by atoms with Gasteiger partial charge < -0.3 is 48.9 Å². The Labute approximate surface area is 192 Å². The van der Waals surface area contributed by atoms with Gasteiger partial charge in [0.25, 0.3) is 0 Å². The normalized spacial score (nSPS) is 24.7. The van der Waals surface area contributed by atoms with Crippen molar-refractivity contribution in [3.8, 4) is 34.1 Å². The number of hydrogen-bond acceptors (Lipinski definition) is 11. The Morgan fingerprint density at radius 3 is 2.32 bits per heavy atom. The lowest BCUT2D eigenvalue weighted by molar-refractivity contribution is -0.277. The van der Waals surface area contributed by atoms with Crippen LogP contribution < -0.4 is 19.6 Å². The molecule has 0 saturated carbocycles. The standard InChI is InChI=1S/C23H24O11/c1-30-11-5-3-10(4-6-11)12-9-32-13-7-14(22(31-2)19(27)16(13)17(12)25)33-23-21(29)20(28)18(26)15(8-24)34-23/h3-7,9,15,18,20-21,23-24,26-29H,8H2,1-2H3/t15-,18+,20-,21-,23+/m1/s1. The maximum Gasteiger partial charge on any atom is 0.229 e. The number of aromatic hydroxyl groups is 1. The quantitative estimate of drug-likeness (QED) is 0.333. The Bertz CT molecular complexity index is 1220. The fraction of sp³-hybridized carbons (Fsp3) is 0.348. The van der Waals surface area contributed by atoms with Crippen LogP contribution in [-0.4, -0.2) is 77.1 Å². The average Bonchev–Trinajstić information content (AvgIpc) is 2.84. The molecule has 0 aliphatic carbocycles. The topological polar surface area (TPSA) is 168 Å². The van der Waals surface area contributed by atoms with Gasteiger partial charge in [0.2, 0.25) is 17.5 Å². The van der Waals surface area contributed by atoms with Crippen LogP contribution in [0.25, 0.3) is 22.1 Å². The van der Waals surface area contributed by atoms with E-state index in [9.17, 15) is 30.3 Å². The van der Waals surface area contributed by atoms with Gasteiger partial charge in [0, 0.05) is 6.07 Å². The van der Waals surface area contributed by atoms with Gasteiger partial charge in [0.05, 0.1) is 26.4 Å². The molecule has 0 unspecified atom stereocenters. The van der Waals surface area contributed by atoms with Crippen molar-refractivity contribution in [2.75, 3.05) is 20.8 Å². The van der Waals surface area contributed by atoms with E-state index in [2.05, 4.69) is 0 Å². The molecule has 1 fully saturated rings. The predicted octanol–water partition coefficient (Wildman–Crippen LogP) is 0.361. The van der Waals surface area contributed by atoms with E-state index in [-0.39, 0.29) is 28.0 Å². The van der Waals surface area contributed by atoms with Crippen LogP contribution in [0.3, 0.4) is 0 Å². The van der Waals surface area contributed by atoms with E-state index in [1.54, 1.807) is 24.3 Å². The molecular weight excluding hydrogens is 452 g/mol. The first kappa shape index (κ1) is 23.8. The van der Waals surface area contributed by atoms with Gasteiger partial charge in [-0.1, -0.05) is 12.1 Å². The zero-order valence-electron chi connectivity index (χ0n) is 18.2. The van der Waals surface area contributed by atoms with Crippen LogP contribution in [0.2, 0.25) is 0 Å². The molecule has 4 rings (SSSR count). The lowest BCUT2D eigenvalue weighted by Gasteiger charge is -2.39. The minimum absolute atomic E-state index is 0.0415. The van der Waals surface area contributed by atoms with E-state index in [1.807, 2.05) is 0 Å². The first-order chi connectivity index (χ1) is 16.3. The summed E-state index contributed by atoms with van der Waals surface area (Å²) in [7, 11) is 2.75. The first-order valence-electron chi connectivity index (χ1n) is 10.3. The Balaban J connectivity index is 1.76. The third-order valence-corrected chi connectivity index (χ3v) is 5.66. The summed E-state index contributed by atoms with van der Waals surface area (Å²) in [6, 6.07) is 7.95. The summed E-state index contributed by atoms with van der Waals surface area (Å²) in [5.74, 6) is -0.377. The number of benzene rings is 2. The Kier molecular flexibility index (Phi) is 6.64. The molecule has 5 N–H and O–H groups in total. The predicted molar refractivity (Wildman–Crippen MR) is 117 cm³/mol. The number of aliphatic hydroxyl groups excluding tert-OH is 4. The monoisotopic (exact) mass is 476 g/mol. The van der Waals surface area contributed by atoms with Crippen molar-refractivity contribution < 1.29 is 48.9 Å². The lowest BCUT2D eigenvalue weighted by Crippen LogP contribution is -2.60. The molecule has 34 heavy (non-hydrogen) atoms. The van der Waals surface area contributed by atoms with Gasteiger partial charge in [-0.2, -0.15) is 0 Å². The van der Waals surface area contributed by atoms with Crippen LogP contribution in [0.15, 0.2) is 45.8 Å². The van der Waals surface area contributed by atoms with Crippen LogP contribution in [0, 0.1) is 0 Å². The summed E-state index contributed by atoms with van der Waals surface area (Å²) in [6.07, 6.45) is -6.43. The molecule has 3 aromatic rings. The average molecular weight is 476 g/mol. The Hall–Kier alpha value is -3.35. The molecule has 1 saturated heterocycles. The zero-order chi connectivity index (χ0) is 24.6. The van der Waals surface area contributed by atoms with Gasteiger partial charge in [-0.05, 0) is 17.7 Å². The van der Waals surface area contributed by atoms with Crippen molar-refractivity contribution in [2.24, 2.45) is 0 Å². The van der Waals surface area contributed by atoms with E-state index in [0.29, 0.717) is 11.3 Å². The lowest BCUT2D eigenvalue weighted by atomic mass is 9.99. The molecule has 0 spiro atoms. The molecule has 5 atom stereocenters. The van der Waals surface area contributed by atoms with Crippen LogP contribution in [0.5, 0.6) is 23.0 Å². The maximum absolute atomic E-state index is 13.2. The maximum atomic E-state index is 13.2. The van der Waals surface area contributed by atoms with Crippen molar-refractivity contribution in [1.82, 2.24) is 0 Å². The van der Waals surface area contributed by atoms with E-state index in [0.717, 1.165) is 0 Å². The van der Waals surface area contributed by atoms with Gasteiger partial charge in [0.15, 0.2) is 11.5 Å². The molecule has 1 aliphatic rings. The number of rotatable bonds is 6. The van der Waals surface area contributed by atoms with Gasteiger partial charge in [-0.15, -0.1) is 0 Å². The molecule has 11 heteroatoms. The largest absolute Gasteiger partial charge is 0.504 e. The molecule has 1 aromatic heterocycles. The van der Waals surface area contributed by atoms with Crippen molar-refractivity contribution in [3.63, 3.8) is 0 Å². The molecule has 2 heterocycles. The Morgan fingerprint density at radius 2 is 1.71 bits per heavy atom. The molecule has 0 radical (unpaired) electrons. The van der Waals surface area contributed by atoms with Crippen molar-refractivity contribution in [2.45, 2.75) is 30.7 Å². The number of methoxy groups -OCH3 is 2. The number of hydrogen-bond donors (Lipinski definition) is 5. The third-order valence-electron chi connectivity index (χ3n) is 5.66. The highest BCUT2D eigenvalue weighted by Crippen LogP contribution is 2.43. The van der Waals surface area contributed by atoms with Crippen molar-refractivity contribution in [1.29, 1.82) is 0 Å². The minimum Gasteiger partial charge on any atom is -0.504 e. The molecule has 0 amide bonds. The highest BCUT2D eigenvalue weighted by Gasteiger charge is 2.45. The van der Waals surface area contributed by atoms with E-state index < -0.39 is 48.5 Å². The van der Waals surface area contributed by atoms with Gasteiger partial charge >= 0.3 is 0 Å². The summed E-state index contributed by atoms with van der Waals surface area (Å²) >= 11 is 0. The number of phenols is 1. The molecule has 182 valence electrons. The number of phenolic OH excluding ortho intramolecular Hbond substituents is 1. The first-order valence-corrected chi connectivity index (χ1v) is 10.3. The number of ether oxygens (including phenoxy) is 4. The summed E-state index contributed by atoms with van der Waals surface area (Å²) in [6.45, 7) is -0.645. The second-order valence-electron chi connectivity index (χ2n) is 7.65. The zero-order valence-corrected chi connectivity index (χ0v) is 18.2. The van der Waals surface area contributed by atoms with E-state index >= 15 is 0 Å². The van der Waals surface area contributed by atoms with E-state index in [1.165, 1.54) is 26.5 Å². The molecule has 2 aromatic carbocycles. The number of aliphatic hydroxyl groups is 4. The second kappa shape index (κ2) is 9.49. The smallest absolute Gasteiger partial charge is 0.229 e. The second-order valence-corrected chi connectivity index (χ2v) is 7.65. The fourth-order valence-electron chi connectivity index (χ4n) is 3.77. The highest BCUT2D eigenvalue weighted by atomic mass is 16.7. The van der Waals surface area contributed by atoms with Gasteiger partial charge in [-0.25, -0.2) is 0 Å². The SMILES string of the molecule is COc1ccc(-c2coc3cc(O[C@H]4O[C@H](CO)[C@H](O)[C@@H](O)[C@H]4O)c(OC)c(O)c3c2=O)cc1. The van der Waals surface area contributed by atoms with Crippen molar-refractivity contribution >= 4 is 11.0 Å².